The van der Waals surface area contributed by atoms with Crippen LogP contribution >= 0.6 is 0 Å². The average Bonchev–Trinajstić information content (AvgIpc) is 2.16. The smallest absolute Gasteiger partial charge is 0.233 e. The van der Waals surface area contributed by atoms with Crippen LogP contribution in [-0.2, 0) is 13.5 Å². The van der Waals surface area contributed by atoms with E-state index in [1.165, 1.54) is 0 Å². The van der Waals surface area contributed by atoms with Crippen LogP contribution in [0, 0.1) is 12.8 Å². The van der Waals surface area contributed by atoms with Gasteiger partial charge in [-0.05, 0) is 19.3 Å². The van der Waals surface area contributed by atoms with Crippen LogP contribution in [0.15, 0.2) is 0 Å². The number of aromatic nitrogens is 2. The number of rotatable bonds is 2. The van der Waals surface area contributed by atoms with Crippen LogP contribution in [0.1, 0.15) is 25.1 Å². The lowest BCUT2D eigenvalue weighted by Crippen LogP contribution is -2.03. The molecule has 0 radical (unpaired) electrons. The van der Waals surface area contributed by atoms with Crippen molar-refractivity contribution < 1.29 is 5.11 Å². The predicted molar refractivity (Wildman–Crippen MR) is 48.2 cm³/mol. The molecule has 0 aliphatic rings. The molecule has 0 fully saturated rings. The zero-order valence-electron chi connectivity index (χ0n) is 8.13. The summed E-state index contributed by atoms with van der Waals surface area (Å²) in [5.74, 6) is 0.756. The van der Waals surface area contributed by atoms with E-state index in [1.807, 2.05) is 14.0 Å². The Morgan fingerprint density at radius 3 is 2.42 bits per heavy atom. The van der Waals surface area contributed by atoms with E-state index in [0.29, 0.717) is 5.92 Å². The number of hydrogen-bond donors (Lipinski definition) is 1. The van der Waals surface area contributed by atoms with Gasteiger partial charge < -0.3 is 5.11 Å². The van der Waals surface area contributed by atoms with Gasteiger partial charge in [-0.25, -0.2) is 0 Å². The highest BCUT2D eigenvalue weighted by Gasteiger charge is 2.11. The highest BCUT2D eigenvalue weighted by molar-refractivity contribution is 5.28. The summed E-state index contributed by atoms with van der Waals surface area (Å²) in [5.41, 5.74) is 2.04. The summed E-state index contributed by atoms with van der Waals surface area (Å²) < 4.78 is 1.75. The van der Waals surface area contributed by atoms with Crippen molar-refractivity contribution in [1.82, 2.24) is 9.78 Å². The van der Waals surface area contributed by atoms with E-state index in [-0.39, 0.29) is 5.88 Å². The second-order valence-electron chi connectivity index (χ2n) is 3.62. The maximum absolute atomic E-state index is 9.30. The molecule has 0 unspecified atom stereocenters. The van der Waals surface area contributed by atoms with Gasteiger partial charge >= 0.3 is 0 Å². The molecule has 0 amide bonds. The molecule has 12 heavy (non-hydrogen) atoms. The molecule has 0 atom stereocenters. The first-order valence-electron chi connectivity index (χ1n) is 4.23. The Kier molecular flexibility index (Phi) is 2.40. The fourth-order valence-corrected chi connectivity index (χ4v) is 1.32. The van der Waals surface area contributed by atoms with Gasteiger partial charge in [0, 0.05) is 18.3 Å². The van der Waals surface area contributed by atoms with E-state index in [0.717, 1.165) is 17.7 Å². The highest BCUT2D eigenvalue weighted by atomic mass is 16.3. The summed E-state index contributed by atoms with van der Waals surface area (Å²) in [6.07, 6.45) is 0.968. The topological polar surface area (TPSA) is 38.1 Å². The maximum atomic E-state index is 9.30. The highest BCUT2D eigenvalue weighted by Crippen LogP contribution is 2.20. The van der Waals surface area contributed by atoms with Crippen molar-refractivity contribution in [2.24, 2.45) is 13.0 Å². The number of hydrogen-bond acceptors (Lipinski definition) is 2. The van der Waals surface area contributed by atoms with Crippen LogP contribution in [0.25, 0.3) is 0 Å². The summed E-state index contributed by atoms with van der Waals surface area (Å²) in [6, 6.07) is 0. The fourth-order valence-electron chi connectivity index (χ4n) is 1.32. The SMILES string of the molecule is Cc1c(O)nn(C)c1CC(C)C. The molecular weight excluding hydrogens is 152 g/mol. The molecule has 0 saturated heterocycles. The molecule has 1 rings (SSSR count). The van der Waals surface area contributed by atoms with E-state index in [2.05, 4.69) is 18.9 Å². The minimum atomic E-state index is 0.160. The lowest BCUT2D eigenvalue weighted by Gasteiger charge is -2.05. The summed E-state index contributed by atoms with van der Waals surface area (Å²) in [5, 5.41) is 13.2. The molecule has 3 heteroatoms. The van der Waals surface area contributed by atoms with Gasteiger partial charge in [-0.3, -0.25) is 4.68 Å². The minimum absolute atomic E-state index is 0.160. The second-order valence-corrected chi connectivity index (χ2v) is 3.62. The number of aryl methyl sites for hydroxylation is 1. The summed E-state index contributed by atoms with van der Waals surface area (Å²) in [6.45, 7) is 6.22. The van der Waals surface area contributed by atoms with Crippen molar-refractivity contribution in [2.45, 2.75) is 27.2 Å². The molecule has 1 aromatic heterocycles. The average molecular weight is 168 g/mol. The van der Waals surface area contributed by atoms with Crippen molar-refractivity contribution in [1.29, 1.82) is 0 Å². The molecule has 0 spiro atoms. The monoisotopic (exact) mass is 168 g/mol. The van der Waals surface area contributed by atoms with E-state index in [1.54, 1.807) is 4.68 Å². The first-order chi connectivity index (χ1) is 5.52. The molecule has 0 saturated carbocycles. The van der Waals surface area contributed by atoms with Crippen molar-refractivity contribution >= 4 is 0 Å². The van der Waals surface area contributed by atoms with E-state index >= 15 is 0 Å². The molecule has 1 heterocycles. The first-order valence-corrected chi connectivity index (χ1v) is 4.23. The molecule has 0 aliphatic carbocycles. The Morgan fingerprint density at radius 2 is 2.08 bits per heavy atom. The van der Waals surface area contributed by atoms with Crippen molar-refractivity contribution in [3.8, 4) is 5.88 Å². The van der Waals surface area contributed by atoms with E-state index < -0.39 is 0 Å². The lowest BCUT2D eigenvalue weighted by molar-refractivity contribution is 0.440. The fraction of sp³-hybridized carbons (Fsp3) is 0.667. The van der Waals surface area contributed by atoms with Crippen LogP contribution in [0.2, 0.25) is 0 Å². The third-order valence-corrected chi connectivity index (χ3v) is 2.01. The Morgan fingerprint density at radius 1 is 1.50 bits per heavy atom. The number of nitrogens with zero attached hydrogens (tertiary/aromatic N) is 2. The summed E-state index contributed by atoms with van der Waals surface area (Å²) in [7, 11) is 1.87. The van der Waals surface area contributed by atoms with Crippen molar-refractivity contribution in [2.75, 3.05) is 0 Å². The van der Waals surface area contributed by atoms with Crippen molar-refractivity contribution in [3.05, 3.63) is 11.3 Å². The summed E-state index contributed by atoms with van der Waals surface area (Å²) >= 11 is 0. The Bertz CT molecular complexity index is 276. The Labute approximate surface area is 73.0 Å². The first kappa shape index (κ1) is 9.10. The normalized spacial score (nSPS) is 11.1. The largest absolute Gasteiger partial charge is 0.492 e. The van der Waals surface area contributed by atoms with Gasteiger partial charge in [0.25, 0.3) is 0 Å². The van der Waals surface area contributed by atoms with Gasteiger partial charge in [-0.15, -0.1) is 5.10 Å². The van der Waals surface area contributed by atoms with Gasteiger partial charge in [0.15, 0.2) is 0 Å². The second kappa shape index (κ2) is 3.17. The minimum Gasteiger partial charge on any atom is -0.492 e. The van der Waals surface area contributed by atoms with E-state index in [9.17, 15) is 5.11 Å². The molecular formula is C9H16N2O. The van der Waals surface area contributed by atoms with Gasteiger partial charge in [0.2, 0.25) is 5.88 Å². The number of aromatic hydroxyl groups is 1. The van der Waals surface area contributed by atoms with Crippen LogP contribution in [0.3, 0.4) is 0 Å². The van der Waals surface area contributed by atoms with Crippen LogP contribution in [-0.4, -0.2) is 14.9 Å². The van der Waals surface area contributed by atoms with Crippen LogP contribution in [0.4, 0.5) is 0 Å². The Hall–Kier alpha value is -0.990. The predicted octanol–water partition coefficient (Wildman–Crippen LogP) is 1.63. The van der Waals surface area contributed by atoms with Gasteiger partial charge in [0.05, 0.1) is 0 Å². The molecule has 0 aliphatic heterocycles. The zero-order chi connectivity index (χ0) is 9.30. The molecule has 68 valence electrons. The van der Waals surface area contributed by atoms with E-state index in [4.69, 9.17) is 0 Å². The Balaban J connectivity index is 2.97. The summed E-state index contributed by atoms with van der Waals surface area (Å²) in [4.78, 5) is 0. The van der Waals surface area contributed by atoms with Gasteiger partial charge in [-0.2, -0.15) is 0 Å². The molecule has 1 N–H and O–H groups in total. The maximum Gasteiger partial charge on any atom is 0.233 e. The molecule has 3 nitrogen and oxygen atoms in total. The lowest BCUT2D eigenvalue weighted by atomic mass is 10.1. The molecule has 0 aromatic carbocycles. The third kappa shape index (κ3) is 1.60. The molecule has 1 aromatic rings. The third-order valence-electron chi connectivity index (χ3n) is 2.01. The van der Waals surface area contributed by atoms with Crippen molar-refractivity contribution in [3.63, 3.8) is 0 Å². The standard InChI is InChI=1S/C9H16N2O/c1-6(2)5-8-7(3)9(12)10-11(8)4/h6H,5H2,1-4H3,(H,10,12). The zero-order valence-corrected chi connectivity index (χ0v) is 8.13. The van der Waals surface area contributed by atoms with Gasteiger partial charge in [0.1, 0.15) is 0 Å². The van der Waals surface area contributed by atoms with Crippen LogP contribution < -0.4 is 0 Å². The molecule has 0 bridgehead atoms. The van der Waals surface area contributed by atoms with Gasteiger partial charge in [-0.1, -0.05) is 13.8 Å². The van der Waals surface area contributed by atoms with Crippen LogP contribution in [0.5, 0.6) is 5.88 Å². The quantitative estimate of drug-likeness (QED) is 0.729.